The molecule has 2 aromatic rings. The van der Waals surface area contributed by atoms with Crippen LogP contribution in [0.3, 0.4) is 0 Å². The van der Waals surface area contributed by atoms with Crippen molar-refractivity contribution in [2.24, 2.45) is 0 Å². The van der Waals surface area contributed by atoms with E-state index in [4.69, 9.17) is 4.74 Å². The third-order valence-electron chi connectivity index (χ3n) is 4.08. The molecule has 0 bridgehead atoms. The maximum Gasteiger partial charge on any atom is 0.265 e. The summed E-state index contributed by atoms with van der Waals surface area (Å²) in [5.74, 6) is 0.436. The van der Waals surface area contributed by atoms with Crippen LogP contribution in [0, 0.1) is 0 Å². The first-order valence-electron chi connectivity index (χ1n) is 7.70. The molecular formula is C19H19NO3. The highest BCUT2D eigenvalue weighted by atomic mass is 16.5. The molecule has 3 rings (SSSR count). The number of anilines is 1. The lowest BCUT2D eigenvalue weighted by molar-refractivity contribution is -0.120. The fourth-order valence-corrected chi connectivity index (χ4v) is 2.97. The second kappa shape index (κ2) is 6.24. The quantitative estimate of drug-likeness (QED) is 0.815. The second-order valence-electron chi connectivity index (χ2n) is 5.82. The lowest BCUT2D eigenvalue weighted by atomic mass is 10.1. The second-order valence-corrected chi connectivity index (χ2v) is 5.82. The Hall–Kier alpha value is -2.62. The summed E-state index contributed by atoms with van der Waals surface area (Å²) in [5.41, 5.74) is 2.73. The number of Topliss-reactive ketones (excluding diaryl/α,β-unsaturated/α-hetero) is 1. The third-order valence-corrected chi connectivity index (χ3v) is 4.08. The van der Waals surface area contributed by atoms with Crippen molar-refractivity contribution >= 4 is 17.4 Å². The van der Waals surface area contributed by atoms with E-state index in [0.717, 1.165) is 12.1 Å². The first-order valence-corrected chi connectivity index (χ1v) is 7.70. The summed E-state index contributed by atoms with van der Waals surface area (Å²) in [6, 6.07) is 15.0. The van der Waals surface area contributed by atoms with Crippen molar-refractivity contribution in [2.75, 3.05) is 11.5 Å². The van der Waals surface area contributed by atoms with Gasteiger partial charge < -0.3 is 9.64 Å². The molecule has 23 heavy (non-hydrogen) atoms. The van der Waals surface area contributed by atoms with Gasteiger partial charge in [0.1, 0.15) is 5.75 Å². The van der Waals surface area contributed by atoms with Gasteiger partial charge in [0, 0.05) is 17.3 Å². The Bertz CT molecular complexity index is 754. The van der Waals surface area contributed by atoms with Crippen LogP contribution >= 0.6 is 0 Å². The first-order chi connectivity index (χ1) is 11.1. The number of ketones is 1. The van der Waals surface area contributed by atoms with Gasteiger partial charge in [-0.25, -0.2) is 0 Å². The smallest absolute Gasteiger partial charge is 0.265 e. The van der Waals surface area contributed by atoms with Gasteiger partial charge in [0.05, 0.1) is 0 Å². The number of hydrogen-bond acceptors (Lipinski definition) is 3. The Morgan fingerprint density at radius 1 is 1.17 bits per heavy atom. The van der Waals surface area contributed by atoms with Crippen molar-refractivity contribution in [3.63, 3.8) is 0 Å². The number of nitrogens with zero attached hydrogens (tertiary/aromatic N) is 1. The molecule has 0 N–H and O–H groups in total. The van der Waals surface area contributed by atoms with E-state index in [2.05, 4.69) is 6.07 Å². The van der Waals surface area contributed by atoms with E-state index in [1.54, 1.807) is 29.2 Å². The number of rotatable bonds is 4. The summed E-state index contributed by atoms with van der Waals surface area (Å²) in [6.45, 7) is 3.50. The largest absolute Gasteiger partial charge is 0.484 e. The number of fused-ring (bicyclic) bond motifs is 1. The number of hydrogen-bond donors (Lipinski definition) is 0. The highest BCUT2D eigenvalue weighted by molar-refractivity contribution is 5.97. The lowest BCUT2D eigenvalue weighted by Gasteiger charge is -2.22. The van der Waals surface area contributed by atoms with Crippen LogP contribution in [0.4, 0.5) is 5.69 Å². The average Bonchev–Trinajstić information content (AvgIpc) is 2.88. The van der Waals surface area contributed by atoms with Crippen LogP contribution in [0.1, 0.15) is 29.8 Å². The van der Waals surface area contributed by atoms with Crippen LogP contribution < -0.4 is 9.64 Å². The molecule has 1 amide bonds. The van der Waals surface area contributed by atoms with Gasteiger partial charge in [-0.05, 0) is 44.0 Å². The summed E-state index contributed by atoms with van der Waals surface area (Å²) < 4.78 is 5.59. The minimum atomic E-state index is -0.0734. The van der Waals surface area contributed by atoms with Crippen molar-refractivity contribution < 1.29 is 14.3 Å². The Kier molecular flexibility index (Phi) is 4.15. The molecule has 1 aliphatic heterocycles. The molecule has 0 aliphatic carbocycles. The van der Waals surface area contributed by atoms with Gasteiger partial charge in [0.25, 0.3) is 5.91 Å². The molecule has 118 valence electrons. The van der Waals surface area contributed by atoms with E-state index in [1.165, 1.54) is 12.5 Å². The zero-order valence-electron chi connectivity index (χ0n) is 13.3. The maximum atomic E-state index is 12.5. The molecule has 2 aromatic carbocycles. The molecule has 0 saturated heterocycles. The molecule has 0 spiro atoms. The van der Waals surface area contributed by atoms with Gasteiger partial charge in [-0.2, -0.15) is 0 Å². The summed E-state index contributed by atoms with van der Waals surface area (Å²) in [4.78, 5) is 25.7. The minimum absolute atomic E-state index is 0.0242. The van der Waals surface area contributed by atoms with E-state index in [-0.39, 0.29) is 24.3 Å². The van der Waals surface area contributed by atoms with E-state index >= 15 is 0 Å². The third kappa shape index (κ3) is 3.11. The fourth-order valence-electron chi connectivity index (χ4n) is 2.97. The zero-order valence-corrected chi connectivity index (χ0v) is 13.3. The Morgan fingerprint density at radius 2 is 1.96 bits per heavy atom. The van der Waals surface area contributed by atoms with Gasteiger partial charge in [0.15, 0.2) is 12.4 Å². The number of ether oxygens (including phenoxy) is 1. The normalized spacial score (nSPS) is 16.1. The van der Waals surface area contributed by atoms with E-state index in [9.17, 15) is 9.59 Å². The predicted octanol–water partition coefficient (Wildman–Crippen LogP) is 3.25. The van der Waals surface area contributed by atoms with Gasteiger partial charge in [-0.15, -0.1) is 0 Å². The first kappa shape index (κ1) is 15.3. The monoisotopic (exact) mass is 309 g/mol. The zero-order chi connectivity index (χ0) is 16.4. The summed E-state index contributed by atoms with van der Waals surface area (Å²) in [6.07, 6.45) is 0.863. The Morgan fingerprint density at radius 3 is 2.74 bits per heavy atom. The lowest BCUT2D eigenvalue weighted by Crippen LogP contribution is -2.39. The summed E-state index contributed by atoms with van der Waals surface area (Å²) in [5, 5.41) is 0. The van der Waals surface area contributed by atoms with E-state index < -0.39 is 0 Å². The molecular weight excluding hydrogens is 290 g/mol. The number of benzene rings is 2. The van der Waals surface area contributed by atoms with Crippen LogP contribution in [0.2, 0.25) is 0 Å². The van der Waals surface area contributed by atoms with Crippen LogP contribution in [0.15, 0.2) is 48.5 Å². The number of carbonyl (C=O) groups is 2. The Balaban J connectivity index is 1.71. The number of para-hydroxylation sites is 1. The van der Waals surface area contributed by atoms with E-state index in [1.807, 2.05) is 25.1 Å². The van der Waals surface area contributed by atoms with Crippen LogP contribution in [-0.4, -0.2) is 24.3 Å². The predicted molar refractivity (Wildman–Crippen MR) is 89.0 cm³/mol. The van der Waals surface area contributed by atoms with Crippen molar-refractivity contribution in [2.45, 2.75) is 26.3 Å². The average molecular weight is 309 g/mol. The van der Waals surface area contributed by atoms with Crippen molar-refractivity contribution in [3.8, 4) is 5.75 Å². The minimum Gasteiger partial charge on any atom is -0.484 e. The molecule has 0 aromatic heterocycles. The van der Waals surface area contributed by atoms with Crippen LogP contribution in [0.25, 0.3) is 0 Å². The van der Waals surface area contributed by atoms with Gasteiger partial charge in [0.2, 0.25) is 0 Å². The van der Waals surface area contributed by atoms with Crippen LogP contribution in [0.5, 0.6) is 5.75 Å². The van der Waals surface area contributed by atoms with Crippen LogP contribution in [-0.2, 0) is 11.2 Å². The maximum absolute atomic E-state index is 12.5. The number of amides is 1. The Labute approximate surface area is 135 Å². The van der Waals surface area contributed by atoms with Gasteiger partial charge in [-0.1, -0.05) is 30.3 Å². The molecule has 4 nitrogen and oxygen atoms in total. The summed E-state index contributed by atoms with van der Waals surface area (Å²) in [7, 11) is 0. The molecule has 1 atom stereocenters. The number of carbonyl (C=O) groups excluding carboxylic acids is 2. The molecule has 1 heterocycles. The fraction of sp³-hybridized carbons (Fsp3) is 0.263. The SMILES string of the molecule is CC(=O)c1cccc(OCC(=O)N2c3ccccc3C[C@@H]2C)c1. The molecule has 4 heteroatoms. The van der Waals surface area contributed by atoms with Crippen molar-refractivity contribution in [1.82, 2.24) is 0 Å². The van der Waals surface area contributed by atoms with Crippen molar-refractivity contribution in [3.05, 3.63) is 59.7 Å². The summed E-state index contributed by atoms with van der Waals surface area (Å²) >= 11 is 0. The molecule has 1 aliphatic rings. The highest BCUT2D eigenvalue weighted by Crippen LogP contribution is 2.31. The van der Waals surface area contributed by atoms with Crippen molar-refractivity contribution in [1.29, 1.82) is 0 Å². The van der Waals surface area contributed by atoms with Gasteiger partial charge >= 0.3 is 0 Å². The molecule has 0 fully saturated rings. The topological polar surface area (TPSA) is 46.6 Å². The van der Waals surface area contributed by atoms with Gasteiger partial charge in [-0.3, -0.25) is 9.59 Å². The standard InChI is InChI=1S/C19H19NO3/c1-13-10-16-6-3-4-9-18(16)20(13)19(22)12-23-17-8-5-7-15(11-17)14(2)21/h3-9,11,13H,10,12H2,1-2H3/t13-/m0/s1. The molecule has 0 radical (unpaired) electrons. The van der Waals surface area contributed by atoms with E-state index in [0.29, 0.717) is 11.3 Å². The highest BCUT2D eigenvalue weighted by Gasteiger charge is 2.30. The molecule has 0 saturated carbocycles. The molecule has 0 unspecified atom stereocenters.